The van der Waals surface area contributed by atoms with E-state index in [1.807, 2.05) is 6.92 Å². The first kappa shape index (κ1) is 12.3. The van der Waals surface area contributed by atoms with Gasteiger partial charge in [0.05, 0.1) is 11.0 Å². The molecule has 1 amide bonds. The summed E-state index contributed by atoms with van der Waals surface area (Å²) in [7, 11) is 0. The van der Waals surface area contributed by atoms with Crippen molar-refractivity contribution in [2.75, 3.05) is 6.54 Å². The second kappa shape index (κ2) is 4.11. The van der Waals surface area contributed by atoms with Gasteiger partial charge in [-0.15, -0.1) is 0 Å². The summed E-state index contributed by atoms with van der Waals surface area (Å²) in [6.07, 6.45) is 4.73. The Hall–Kier alpha value is -1.78. The highest BCUT2D eigenvalue weighted by atomic mass is 16.4. The molecule has 1 saturated carbocycles. The third-order valence-corrected chi connectivity index (χ3v) is 4.78. The molecule has 0 radical (unpaired) electrons. The van der Waals surface area contributed by atoms with E-state index in [9.17, 15) is 14.7 Å². The lowest BCUT2D eigenvalue weighted by molar-refractivity contribution is -0.149. The summed E-state index contributed by atoms with van der Waals surface area (Å²) in [4.78, 5) is 28.9. The summed E-state index contributed by atoms with van der Waals surface area (Å²) in [6, 6.07) is 1.64. The van der Waals surface area contributed by atoms with Gasteiger partial charge in [0.2, 0.25) is 0 Å². The Morgan fingerprint density at radius 2 is 2.26 bits per heavy atom. The number of aromatic nitrogens is 1. The third kappa shape index (κ3) is 1.60. The average Bonchev–Trinajstić information content (AvgIpc) is 3.01. The molecule has 1 saturated heterocycles. The molecule has 19 heavy (non-hydrogen) atoms. The van der Waals surface area contributed by atoms with Gasteiger partial charge in [0.1, 0.15) is 0 Å². The number of hydrogen-bond acceptors (Lipinski definition) is 2. The van der Waals surface area contributed by atoms with Crippen LogP contribution < -0.4 is 0 Å². The molecule has 2 aliphatic rings. The molecule has 1 aliphatic carbocycles. The molecule has 1 aromatic rings. The standard InChI is InChI=1S/C14H18N2O3/c1-9-10(4-7-15-9)12(17)16-8-6-14(13(18)19)5-2-3-11(14)16/h4,7,11,15H,2-3,5-6,8H2,1H3,(H,18,19)/t11-,14+/m0/s1. The van der Waals surface area contributed by atoms with Gasteiger partial charge in [0.25, 0.3) is 5.91 Å². The zero-order valence-electron chi connectivity index (χ0n) is 11.0. The van der Waals surface area contributed by atoms with Gasteiger partial charge in [0.15, 0.2) is 0 Å². The van der Waals surface area contributed by atoms with Crippen molar-refractivity contribution in [3.8, 4) is 0 Å². The molecule has 2 N–H and O–H groups in total. The average molecular weight is 262 g/mol. The van der Waals surface area contributed by atoms with Crippen molar-refractivity contribution in [1.82, 2.24) is 9.88 Å². The quantitative estimate of drug-likeness (QED) is 0.853. The number of H-pyrrole nitrogens is 1. The lowest BCUT2D eigenvalue weighted by Gasteiger charge is -2.28. The van der Waals surface area contributed by atoms with E-state index in [2.05, 4.69) is 4.98 Å². The highest BCUT2D eigenvalue weighted by Gasteiger charge is 2.56. The SMILES string of the molecule is Cc1[nH]ccc1C(=O)N1CC[C@]2(C(=O)O)CCC[C@H]12. The van der Waals surface area contributed by atoms with Crippen molar-refractivity contribution >= 4 is 11.9 Å². The van der Waals surface area contributed by atoms with Crippen molar-refractivity contribution in [1.29, 1.82) is 0 Å². The molecule has 5 nitrogen and oxygen atoms in total. The molecule has 1 aliphatic heterocycles. The van der Waals surface area contributed by atoms with Gasteiger partial charge in [-0.2, -0.15) is 0 Å². The summed E-state index contributed by atoms with van der Waals surface area (Å²) >= 11 is 0. The van der Waals surface area contributed by atoms with Crippen LogP contribution in [0, 0.1) is 12.3 Å². The Kier molecular flexibility index (Phi) is 2.66. The minimum Gasteiger partial charge on any atom is -0.481 e. The first-order valence-corrected chi connectivity index (χ1v) is 6.74. The largest absolute Gasteiger partial charge is 0.481 e. The fraction of sp³-hybridized carbons (Fsp3) is 0.571. The third-order valence-electron chi connectivity index (χ3n) is 4.78. The van der Waals surface area contributed by atoms with E-state index in [-0.39, 0.29) is 11.9 Å². The van der Waals surface area contributed by atoms with E-state index in [1.165, 1.54) is 0 Å². The molecule has 0 aromatic carbocycles. The predicted octanol–water partition coefficient (Wildman–Crippen LogP) is 1.79. The molecule has 1 aromatic heterocycles. The lowest BCUT2D eigenvalue weighted by Crippen LogP contribution is -2.43. The van der Waals surface area contributed by atoms with Crippen molar-refractivity contribution in [2.45, 2.75) is 38.6 Å². The van der Waals surface area contributed by atoms with Crippen LogP contribution in [-0.2, 0) is 4.79 Å². The first-order chi connectivity index (χ1) is 9.06. The van der Waals surface area contributed by atoms with Crippen LogP contribution in [0.5, 0.6) is 0 Å². The number of aryl methyl sites for hydroxylation is 1. The van der Waals surface area contributed by atoms with E-state index < -0.39 is 11.4 Å². The maximum atomic E-state index is 12.5. The second-order valence-electron chi connectivity index (χ2n) is 5.63. The minimum absolute atomic E-state index is 0.0335. The summed E-state index contributed by atoms with van der Waals surface area (Å²) in [5.74, 6) is -0.773. The fourth-order valence-electron chi connectivity index (χ4n) is 3.71. The fourth-order valence-corrected chi connectivity index (χ4v) is 3.71. The monoisotopic (exact) mass is 262 g/mol. The number of rotatable bonds is 2. The number of aliphatic carboxylic acids is 1. The predicted molar refractivity (Wildman–Crippen MR) is 68.9 cm³/mol. The molecule has 2 atom stereocenters. The molecular formula is C14H18N2O3. The molecule has 102 valence electrons. The molecule has 2 fully saturated rings. The number of nitrogens with one attached hydrogen (secondary N) is 1. The molecule has 3 rings (SSSR count). The topological polar surface area (TPSA) is 73.4 Å². The lowest BCUT2D eigenvalue weighted by atomic mass is 9.82. The smallest absolute Gasteiger partial charge is 0.311 e. The van der Waals surface area contributed by atoms with Crippen LogP contribution in [0.2, 0.25) is 0 Å². The summed E-state index contributed by atoms with van der Waals surface area (Å²) in [5.41, 5.74) is 0.809. The number of likely N-dealkylation sites (tertiary alicyclic amines) is 1. The van der Waals surface area contributed by atoms with Gasteiger partial charge in [0, 0.05) is 24.5 Å². The van der Waals surface area contributed by atoms with Gasteiger partial charge in [-0.1, -0.05) is 6.42 Å². The van der Waals surface area contributed by atoms with Crippen LogP contribution in [0.1, 0.15) is 41.7 Å². The number of carbonyl (C=O) groups excluding carboxylic acids is 1. The normalized spacial score (nSPS) is 29.5. The number of carbonyl (C=O) groups is 2. The van der Waals surface area contributed by atoms with Gasteiger partial charge in [-0.05, 0) is 32.3 Å². The summed E-state index contributed by atoms with van der Waals surface area (Å²) in [5, 5.41) is 9.51. The Balaban J connectivity index is 1.90. The Morgan fingerprint density at radius 1 is 1.47 bits per heavy atom. The number of aromatic amines is 1. The number of amides is 1. The Labute approximate surface area is 111 Å². The molecule has 0 bridgehead atoms. The van der Waals surface area contributed by atoms with Crippen molar-refractivity contribution in [3.63, 3.8) is 0 Å². The number of nitrogens with zero attached hydrogens (tertiary/aromatic N) is 1. The highest BCUT2D eigenvalue weighted by molar-refractivity contribution is 5.96. The molecule has 0 spiro atoms. The summed E-state index contributed by atoms with van der Waals surface area (Å²) < 4.78 is 0. The number of hydrogen-bond donors (Lipinski definition) is 2. The van der Waals surface area contributed by atoms with Crippen LogP contribution in [0.25, 0.3) is 0 Å². The molecule has 0 unspecified atom stereocenters. The van der Waals surface area contributed by atoms with E-state index in [1.54, 1.807) is 17.2 Å². The van der Waals surface area contributed by atoms with Crippen molar-refractivity contribution < 1.29 is 14.7 Å². The Morgan fingerprint density at radius 3 is 2.89 bits per heavy atom. The number of carboxylic acids is 1. The van der Waals surface area contributed by atoms with E-state index in [4.69, 9.17) is 0 Å². The van der Waals surface area contributed by atoms with Gasteiger partial charge >= 0.3 is 5.97 Å². The summed E-state index contributed by atoms with van der Waals surface area (Å²) in [6.45, 7) is 2.42. The maximum Gasteiger partial charge on any atom is 0.311 e. The van der Waals surface area contributed by atoms with Crippen LogP contribution in [-0.4, -0.2) is 39.5 Å². The zero-order chi connectivity index (χ0) is 13.6. The van der Waals surface area contributed by atoms with E-state index >= 15 is 0 Å². The van der Waals surface area contributed by atoms with E-state index in [0.29, 0.717) is 24.9 Å². The van der Waals surface area contributed by atoms with Crippen LogP contribution in [0.3, 0.4) is 0 Å². The van der Waals surface area contributed by atoms with E-state index in [0.717, 1.165) is 18.5 Å². The first-order valence-electron chi connectivity index (χ1n) is 6.74. The zero-order valence-corrected chi connectivity index (χ0v) is 11.0. The van der Waals surface area contributed by atoms with Crippen molar-refractivity contribution in [3.05, 3.63) is 23.5 Å². The molecular weight excluding hydrogens is 244 g/mol. The maximum absolute atomic E-state index is 12.5. The number of carboxylic acid groups (broad SMARTS) is 1. The second-order valence-corrected chi connectivity index (χ2v) is 5.63. The Bertz CT molecular complexity index is 537. The molecule has 5 heteroatoms. The van der Waals surface area contributed by atoms with Gasteiger partial charge in [-0.25, -0.2) is 0 Å². The van der Waals surface area contributed by atoms with Gasteiger partial charge < -0.3 is 15.0 Å². The minimum atomic E-state index is -0.740. The van der Waals surface area contributed by atoms with Crippen LogP contribution >= 0.6 is 0 Å². The van der Waals surface area contributed by atoms with Crippen LogP contribution in [0.15, 0.2) is 12.3 Å². The van der Waals surface area contributed by atoms with Crippen molar-refractivity contribution in [2.24, 2.45) is 5.41 Å². The van der Waals surface area contributed by atoms with Crippen LogP contribution in [0.4, 0.5) is 0 Å². The molecule has 2 heterocycles. The highest BCUT2D eigenvalue weighted by Crippen LogP contribution is 2.49. The number of fused-ring (bicyclic) bond motifs is 1. The van der Waals surface area contributed by atoms with Gasteiger partial charge in [-0.3, -0.25) is 9.59 Å².